The third kappa shape index (κ3) is 2.75. The summed E-state index contributed by atoms with van der Waals surface area (Å²) in [6, 6.07) is 4.61. The van der Waals surface area contributed by atoms with Crippen LogP contribution in [0.15, 0.2) is 18.2 Å². The summed E-state index contributed by atoms with van der Waals surface area (Å²) in [5.41, 5.74) is 0.885. The molecular formula is C8H4Cl4O. The van der Waals surface area contributed by atoms with Crippen molar-refractivity contribution in [3.05, 3.63) is 34.3 Å². The van der Waals surface area contributed by atoms with Gasteiger partial charge in [-0.3, -0.25) is 4.79 Å². The van der Waals surface area contributed by atoms with E-state index in [4.69, 9.17) is 46.4 Å². The molecule has 0 aliphatic carbocycles. The zero-order valence-electron chi connectivity index (χ0n) is 6.23. The van der Waals surface area contributed by atoms with E-state index in [0.29, 0.717) is 5.56 Å². The normalized spacial score (nSPS) is 10.5. The highest BCUT2D eigenvalue weighted by molar-refractivity contribution is 6.68. The molecule has 1 aromatic rings. The van der Waals surface area contributed by atoms with Crippen molar-refractivity contribution in [2.75, 3.05) is 0 Å². The SMILES string of the molecule is O=C(Cl)c1ccc(C(Cl)Cl)cc1Cl. The van der Waals surface area contributed by atoms with Gasteiger partial charge in [0.1, 0.15) is 4.84 Å². The third-order valence-corrected chi connectivity index (χ3v) is 2.48. The Bertz CT molecular complexity index is 335. The van der Waals surface area contributed by atoms with E-state index in [0.717, 1.165) is 0 Å². The molecule has 0 saturated heterocycles. The minimum absolute atomic E-state index is 0.251. The molecule has 0 radical (unpaired) electrons. The van der Waals surface area contributed by atoms with E-state index < -0.39 is 10.1 Å². The largest absolute Gasteiger partial charge is 0.276 e. The van der Waals surface area contributed by atoms with Crippen LogP contribution in [0.25, 0.3) is 0 Å². The van der Waals surface area contributed by atoms with E-state index in [-0.39, 0.29) is 10.6 Å². The number of halogens is 4. The van der Waals surface area contributed by atoms with Crippen molar-refractivity contribution in [2.45, 2.75) is 4.84 Å². The molecule has 0 heterocycles. The molecule has 70 valence electrons. The Kier molecular flexibility index (Phi) is 3.87. The molecule has 0 spiro atoms. The molecule has 1 aromatic carbocycles. The quantitative estimate of drug-likeness (QED) is 0.574. The van der Waals surface area contributed by atoms with Gasteiger partial charge in [-0.1, -0.05) is 17.7 Å². The Morgan fingerprint density at radius 3 is 2.31 bits per heavy atom. The Morgan fingerprint density at radius 2 is 1.92 bits per heavy atom. The van der Waals surface area contributed by atoms with E-state index in [1.165, 1.54) is 12.1 Å². The second kappa shape index (κ2) is 4.52. The highest BCUT2D eigenvalue weighted by atomic mass is 35.5. The fraction of sp³-hybridized carbons (Fsp3) is 0.125. The predicted molar refractivity (Wildman–Crippen MR) is 56.1 cm³/mol. The van der Waals surface area contributed by atoms with Gasteiger partial charge in [0.15, 0.2) is 0 Å². The molecule has 1 rings (SSSR count). The van der Waals surface area contributed by atoms with Crippen molar-refractivity contribution in [3.8, 4) is 0 Å². The van der Waals surface area contributed by atoms with Crippen molar-refractivity contribution in [3.63, 3.8) is 0 Å². The number of rotatable bonds is 2. The first-order chi connectivity index (χ1) is 6.02. The third-order valence-electron chi connectivity index (χ3n) is 1.46. The van der Waals surface area contributed by atoms with Crippen LogP contribution in [-0.4, -0.2) is 5.24 Å². The van der Waals surface area contributed by atoms with E-state index in [1.54, 1.807) is 6.07 Å². The summed E-state index contributed by atoms with van der Waals surface area (Å²) >= 11 is 22.2. The summed E-state index contributed by atoms with van der Waals surface area (Å²) in [5.74, 6) is 0. The van der Waals surface area contributed by atoms with E-state index >= 15 is 0 Å². The number of hydrogen-bond donors (Lipinski definition) is 0. The molecule has 0 aliphatic heterocycles. The highest BCUT2D eigenvalue weighted by Gasteiger charge is 2.10. The zero-order valence-corrected chi connectivity index (χ0v) is 9.25. The van der Waals surface area contributed by atoms with Crippen molar-refractivity contribution in [1.29, 1.82) is 0 Å². The minimum Gasteiger partial charge on any atom is -0.276 e. The first-order valence-corrected chi connectivity index (χ1v) is 4.92. The van der Waals surface area contributed by atoms with Crippen molar-refractivity contribution in [2.24, 2.45) is 0 Å². The monoisotopic (exact) mass is 256 g/mol. The maximum absolute atomic E-state index is 10.8. The molecule has 0 aliphatic rings. The summed E-state index contributed by atoms with van der Waals surface area (Å²) in [6.07, 6.45) is 0. The summed E-state index contributed by atoms with van der Waals surface area (Å²) in [5, 5.41) is -0.346. The first-order valence-electron chi connectivity index (χ1n) is 3.30. The summed E-state index contributed by atoms with van der Waals surface area (Å²) in [6.45, 7) is 0. The van der Waals surface area contributed by atoms with Crippen molar-refractivity contribution in [1.82, 2.24) is 0 Å². The Balaban J connectivity index is 3.13. The second-order valence-electron chi connectivity index (χ2n) is 2.31. The molecule has 0 fully saturated rings. The van der Waals surface area contributed by atoms with Crippen LogP contribution in [-0.2, 0) is 0 Å². The Hall–Kier alpha value is 0.0500. The van der Waals surface area contributed by atoms with Gasteiger partial charge in [-0.05, 0) is 29.3 Å². The van der Waals surface area contributed by atoms with Gasteiger partial charge in [0.2, 0.25) is 0 Å². The number of carbonyl (C=O) groups excluding carboxylic acids is 1. The summed E-state index contributed by atoms with van der Waals surface area (Å²) in [7, 11) is 0. The lowest BCUT2D eigenvalue weighted by atomic mass is 10.2. The zero-order chi connectivity index (χ0) is 10.0. The fourth-order valence-electron chi connectivity index (χ4n) is 0.826. The van der Waals surface area contributed by atoms with Crippen LogP contribution < -0.4 is 0 Å². The van der Waals surface area contributed by atoms with Gasteiger partial charge in [-0.25, -0.2) is 0 Å². The maximum atomic E-state index is 10.8. The molecule has 0 amide bonds. The number of hydrogen-bond acceptors (Lipinski definition) is 1. The molecule has 0 N–H and O–H groups in total. The van der Waals surface area contributed by atoms with Gasteiger partial charge in [0.25, 0.3) is 5.24 Å². The topological polar surface area (TPSA) is 17.1 Å². The average Bonchev–Trinajstić information content (AvgIpc) is 2.03. The van der Waals surface area contributed by atoms with Gasteiger partial charge in [0.05, 0.1) is 10.6 Å². The Labute approximate surface area is 95.5 Å². The van der Waals surface area contributed by atoms with Crippen LogP contribution in [0, 0.1) is 0 Å². The smallest absolute Gasteiger partial charge is 0.253 e. The Morgan fingerprint density at radius 1 is 1.31 bits per heavy atom. The van der Waals surface area contributed by atoms with Crippen LogP contribution in [0.2, 0.25) is 5.02 Å². The standard InChI is InChI=1S/C8H4Cl4O/c9-6-3-4(7(10)11)1-2-5(6)8(12)13/h1-3,7H. The van der Waals surface area contributed by atoms with Crippen LogP contribution >= 0.6 is 46.4 Å². The molecule has 0 unspecified atom stereocenters. The van der Waals surface area contributed by atoms with Gasteiger partial charge >= 0.3 is 0 Å². The number of benzene rings is 1. The highest BCUT2D eigenvalue weighted by Crippen LogP contribution is 2.28. The number of carbonyl (C=O) groups is 1. The van der Waals surface area contributed by atoms with Crippen LogP contribution in [0.1, 0.15) is 20.8 Å². The molecule has 0 aromatic heterocycles. The minimum atomic E-state index is -0.656. The summed E-state index contributed by atoms with van der Waals surface area (Å²) in [4.78, 5) is 10.1. The van der Waals surface area contributed by atoms with E-state index in [2.05, 4.69) is 0 Å². The van der Waals surface area contributed by atoms with Gasteiger partial charge in [-0.2, -0.15) is 0 Å². The van der Waals surface area contributed by atoms with Gasteiger partial charge in [-0.15, -0.1) is 23.2 Å². The maximum Gasteiger partial charge on any atom is 0.253 e. The molecule has 0 atom stereocenters. The number of alkyl halides is 2. The molecule has 13 heavy (non-hydrogen) atoms. The van der Waals surface area contributed by atoms with E-state index in [9.17, 15) is 4.79 Å². The first kappa shape index (κ1) is 11.1. The second-order valence-corrected chi connectivity index (χ2v) is 4.16. The van der Waals surface area contributed by atoms with E-state index in [1.807, 2.05) is 0 Å². The lowest BCUT2D eigenvalue weighted by Gasteiger charge is -2.03. The van der Waals surface area contributed by atoms with Crippen molar-refractivity contribution < 1.29 is 4.79 Å². The molecule has 0 saturated carbocycles. The van der Waals surface area contributed by atoms with Crippen LogP contribution in [0.4, 0.5) is 0 Å². The van der Waals surface area contributed by atoms with Gasteiger partial charge in [0, 0.05) is 0 Å². The molecule has 1 nitrogen and oxygen atoms in total. The molecular weight excluding hydrogens is 254 g/mol. The molecule has 0 bridgehead atoms. The summed E-state index contributed by atoms with van der Waals surface area (Å²) < 4.78 is 0. The van der Waals surface area contributed by atoms with Gasteiger partial charge < -0.3 is 0 Å². The van der Waals surface area contributed by atoms with Crippen LogP contribution in [0.3, 0.4) is 0 Å². The average molecular weight is 258 g/mol. The van der Waals surface area contributed by atoms with Crippen molar-refractivity contribution >= 4 is 51.6 Å². The lowest BCUT2D eigenvalue weighted by molar-refractivity contribution is 0.108. The van der Waals surface area contributed by atoms with Crippen LogP contribution in [0.5, 0.6) is 0 Å². The fourth-order valence-corrected chi connectivity index (χ4v) is 1.59. The lowest BCUT2D eigenvalue weighted by Crippen LogP contribution is -1.91. The molecule has 5 heteroatoms. The predicted octanol–water partition coefficient (Wildman–Crippen LogP) is 4.20.